The van der Waals surface area contributed by atoms with E-state index in [1.165, 1.54) is 0 Å². The van der Waals surface area contributed by atoms with Crippen LogP contribution in [0, 0.1) is 17.5 Å². The summed E-state index contributed by atoms with van der Waals surface area (Å²) in [5.41, 5.74) is -0.646. The van der Waals surface area contributed by atoms with Gasteiger partial charge in [-0.1, -0.05) is 0 Å². The Balaban J connectivity index is 2.07. The number of aromatic nitrogens is 4. The monoisotopic (exact) mass is 374 g/mol. The van der Waals surface area contributed by atoms with E-state index in [2.05, 4.69) is 15.1 Å². The smallest absolute Gasteiger partial charge is 0.238 e. The van der Waals surface area contributed by atoms with E-state index in [-0.39, 0.29) is 23.6 Å². The molecule has 0 saturated heterocycles. The Hall–Kier alpha value is -2.55. The molecule has 25 heavy (non-hydrogen) atoms. The fraction of sp³-hybridized carbons (Fsp3) is 0.133. The second kappa shape index (κ2) is 6.40. The van der Waals surface area contributed by atoms with Gasteiger partial charge in [0.2, 0.25) is 0 Å². The second-order valence-corrected chi connectivity index (χ2v) is 5.50. The first-order valence-electron chi connectivity index (χ1n) is 6.82. The van der Waals surface area contributed by atoms with Gasteiger partial charge < -0.3 is 0 Å². The van der Waals surface area contributed by atoms with Crippen LogP contribution in [0.25, 0.3) is 5.69 Å². The Morgan fingerprint density at radius 2 is 1.68 bits per heavy atom. The van der Waals surface area contributed by atoms with Crippen LogP contribution in [0.5, 0.6) is 0 Å². The van der Waals surface area contributed by atoms with Crippen molar-refractivity contribution in [1.82, 2.24) is 19.7 Å². The van der Waals surface area contributed by atoms with Crippen LogP contribution in [0.3, 0.4) is 0 Å². The van der Waals surface area contributed by atoms with Crippen molar-refractivity contribution in [2.24, 2.45) is 0 Å². The van der Waals surface area contributed by atoms with Crippen LogP contribution in [0.15, 0.2) is 36.7 Å². The van der Waals surface area contributed by atoms with Gasteiger partial charge in [-0.15, -0.1) is 0 Å². The van der Waals surface area contributed by atoms with Gasteiger partial charge in [0, 0.05) is 6.07 Å². The van der Waals surface area contributed by atoms with Crippen molar-refractivity contribution < 1.29 is 22.0 Å². The lowest BCUT2D eigenvalue weighted by Crippen LogP contribution is -2.08. The predicted octanol–water partition coefficient (Wildman–Crippen LogP) is 3.96. The second-order valence-electron chi connectivity index (χ2n) is 5.02. The summed E-state index contributed by atoms with van der Waals surface area (Å²) >= 11 is 4.99. The maximum atomic E-state index is 13.5. The van der Waals surface area contributed by atoms with E-state index in [9.17, 15) is 22.0 Å². The van der Waals surface area contributed by atoms with Crippen molar-refractivity contribution >= 4 is 11.6 Å². The summed E-state index contributed by atoms with van der Waals surface area (Å²) in [6.45, 7) is 0. The molecule has 0 aliphatic heterocycles. The lowest BCUT2D eigenvalue weighted by atomic mass is 10.2. The zero-order valence-corrected chi connectivity index (χ0v) is 13.0. The van der Waals surface area contributed by atoms with Crippen LogP contribution >= 0.6 is 11.6 Å². The van der Waals surface area contributed by atoms with E-state index in [0.717, 1.165) is 41.3 Å². The fourth-order valence-corrected chi connectivity index (χ4v) is 2.21. The van der Waals surface area contributed by atoms with E-state index in [1.807, 2.05) is 0 Å². The van der Waals surface area contributed by atoms with E-state index in [1.54, 1.807) is 0 Å². The molecule has 0 bridgehead atoms. The summed E-state index contributed by atoms with van der Waals surface area (Å²) in [6.07, 6.45) is 1.72. The van der Waals surface area contributed by atoms with Crippen LogP contribution in [0.4, 0.5) is 22.0 Å². The number of nitrogens with zero attached hydrogens (tertiary/aromatic N) is 4. The van der Waals surface area contributed by atoms with Crippen LogP contribution < -0.4 is 0 Å². The Morgan fingerprint density at radius 1 is 1.00 bits per heavy atom. The summed E-state index contributed by atoms with van der Waals surface area (Å²) in [6, 6.07) is 3.79. The molecule has 0 saturated carbocycles. The molecule has 0 spiro atoms. The van der Waals surface area contributed by atoms with Gasteiger partial charge in [0.15, 0.2) is 17.5 Å². The SMILES string of the molecule is Fc1cnc(Cc2cc(C(F)(F)Cl)nn2-c2ccc(F)c(F)c2)nc1. The fourth-order valence-electron chi connectivity index (χ4n) is 2.12. The van der Waals surface area contributed by atoms with E-state index in [4.69, 9.17) is 11.6 Å². The maximum absolute atomic E-state index is 13.5. The Labute approximate surface area is 142 Å². The molecule has 3 aromatic rings. The molecule has 0 N–H and O–H groups in total. The van der Waals surface area contributed by atoms with Gasteiger partial charge in [-0.25, -0.2) is 27.8 Å². The normalized spacial score (nSPS) is 11.8. The van der Waals surface area contributed by atoms with Gasteiger partial charge in [-0.3, -0.25) is 0 Å². The van der Waals surface area contributed by atoms with E-state index >= 15 is 0 Å². The molecule has 0 radical (unpaired) electrons. The van der Waals surface area contributed by atoms with Crippen molar-refractivity contribution in [2.75, 3.05) is 0 Å². The lowest BCUT2D eigenvalue weighted by molar-refractivity contribution is 0.0895. The average Bonchev–Trinajstić information content (AvgIpc) is 2.96. The third-order valence-electron chi connectivity index (χ3n) is 3.23. The summed E-state index contributed by atoms with van der Waals surface area (Å²) in [5.74, 6) is -2.81. The van der Waals surface area contributed by atoms with Gasteiger partial charge in [-0.05, 0) is 29.8 Å². The third-order valence-corrected chi connectivity index (χ3v) is 3.43. The van der Waals surface area contributed by atoms with E-state index in [0.29, 0.717) is 0 Å². The Morgan fingerprint density at radius 3 is 2.28 bits per heavy atom. The third kappa shape index (κ3) is 3.76. The first kappa shape index (κ1) is 17.3. The minimum atomic E-state index is -3.76. The highest BCUT2D eigenvalue weighted by Crippen LogP contribution is 2.32. The molecule has 0 aliphatic carbocycles. The van der Waals surface area contributed by atoms with Gasteiger partial charge >= 0.3 is 5.38 Å². The topological polar surface area (TPSA) is 43.6 Å². The molecule has 3 rings (SSSR count). The molecule has 130 valence electrons. The molecule has 0 atom stereocenters. The van der Waals surface area contributed by atoms with Gasteiger partial charge in [-0.2, -0.15) is 13.9 Å². The molecule has 2 aromatic heterocycles. The zero-order valence-electron chi connectivity index (χ0n) is 12.2. The molecule has 10 heteroatoms. The number of halogens is 6. The van der Waals surface area contributed by atoms with Crippen LogP contribution in [0.1, 0.15) is 17.2 Å². The van der Waals surface area contributed by atoms with Crippen molar-refractivity contribution in [1.29, 1.82) is 0 Å². The summed E-state index contributed by atoms with van der Waals surface area (Å²) in [5, 5.41) is -0.109. The Bertz CT molecular complexity index is 905. The zero-order chi connectivity index (χ0) is 18.2. The standard InChI is InChI=1S/C15H8ClF5N4/c16-15(20,21)13-4-10(5-14-22-6-8(17)7-23-14)25(24-13)9-1-2-11(18)12(19)3-9/h1-4,6-7H,5H2. The largest absolute Gasteiger partial charge is 0.366 e. The lowest BCUT2D eigenvalue weighted by Gasteiger charge is -2.07. The quantitative estimate of drug-likeness (QED) is 0.513. The molecule has 4 nitrogen and oxygen atoms in total. The molecule has 0 amide bonds. The van der Waals surface area contributed by atoms with Gasteiger partial charge in [0.1, 0.15) is 11.5 Å². The van der Waals surface area contributed by atoms with E-state index < -0.39 is 28.5 Å². The minimum Gasteiger partial charge on any atom is -0.238 e. The summed E-state index contributed by atoms with van der Waals surface area (Å²) < 4.78 is 67.1. The predicted molar refractivity (Wildman–Crippen MR) is 78.0 cm³/mol. The highest BCUT2D eigenvalue weighted by molar-refractivity contribution is 6.21. The Kier molecular flexibility index (Phi) is 4.42. The molecule has 0 fully saturated rings. The van der Waals surface area contributed by atoms with Crippen molar-refractivity contribution in [3.8, 4) is 5.69 Å². The molecular formula is C15H8ClF5N4. The number of hydrogen-bond acceptors (Lipinski definition) is 3. The maximum Gasteiger partial charge on any atom is 0.366 e. The van der Waals surface area contributed by atoms with Crippen LogP contribution in [-0.4, -0.2) is 19.7 Å². The van der Waals surface area contributed by atoms with Gasteiger partial charge in [0.05, 0.1) is 30.2 Å². The first-order chi connectivity index (χ1) is 11.7. The number of rotatable bonds is 4. The molecular weight excluding hydrogens is 367 g/mol. The number of hydrogen-bond donors (Lipinski definition) is 0. The van der Waals surface area contributed by atoms with Gasteiger partial charge in [0.25, 0.3) is 0 Å². The van der Waals surface area contributed by atoms with Crippen LogP contribution in [-0.2, 0) is 11.8 Å². The molecule has 0 unspecified atom stereocenters. The number of alkyl halides is 3. The summed E-state index contributed by atoms with van der Waals surface area (Å²) in [7, 11) is 0. The first-order valence-corrected chi connectivity index (χ1v) is 7.20. The van der Waals surface area contributed by atoms with Crippen molar-refractivity contribution in [3.63, 3.8) is 0 Å². The molecule has 1 aromatic carbocycles. The highest BCUT2D eigenvalue weighted by atomic mass is 35.5. The van der Waals surface area contributed by atoms with Crippen molar-refractivity contribution in [2.45, 2.75) is 11.8 Å². The highest BCUT2D eigenvalue weighted by Gasteiger charge is 2.32. The molecule has 0 aliphatic rings. The van der Waals surface area contributed by atoms with Crippen LogP contribution in [0.2, 0.25) is 0 Å². The number of benzene rings is 1. The average molecular weight is 375 g/mol. The molecule has 2 heterocycles. The minimum absolute atomic E-state index is 0.00294. The summed E-state index contributed by atoms with van der Waals surface area (Å²) in [4.78, 5) is 7.46. The van der Waals surface area contributed by atoms with Crippen molar-refractivity contribution in [3.05, 3.63) is 71.3 Å².